The third kappa shape index (κ3) is 3.61. The fourth-order valence-electron chi connectivity index (χ4n) is 5.32. The van der Waals surface area contributed by atoms with Crippen LogP contribution in [0.2, 0.25) is 0 Å². The molecule has 2 aliphatic rings. The average molecular weight is 405 g/mol. The van der Waals surface area contributed by atoms with E-state index in [1.54, 1.807) is 0 Å². The van der Waals surface area contributed by atoms with Crippen molar-refractivity contribution >= 4 is 16.7 Å². The summed E-state index contributed by atoms with van der Waals surface area (Å²) in [5, 5.41) is 11.1. The molecule has 0 saturated carbocycles. The summed E-state index contributed by atoms with van der Waals surface area (Å²) in [6.07, 6.45) is 6.11. The van der Waals surface area contributed by atoms with Crippen LogP contribution in [0.1, 0.15) is 28.8 Å². The van der Waals surface area contributed by atoms with Gasteiger partial charge in [0.25, 0.3) is 0 Å². The van der Waals surface area contributed by atoms with E-state index in [2.05, 4.69) is 56.6 Å². The van der Waals surface area contributed by atoms with Crippen LogP contribution in [0, 0.1) is 6.92 Å². The van der Waals surface area contributed by atoms with Crippen LogP contribution in [0.4, 0.5) is 5.82 Å². The van der Waals surface area contributed by atoms with Crippen LogP contribution < -0.4 is 4.90 Å². The highest BCUT2D eigenvalue weighted by atomic mass is 16.3. The highest BCUT2D eigenvalue weighted by Gasteiger charge is 2.23. The molecule has 2 aliphatic heterocycles. The maximum Gasteiger partial charge on any atom is 0.128 e. The Bertz CT molecular complexity index is 1030. The maximum absolute atomic E-state index is 9.72. The van der Waals surface area contributed by atoms with Crippen molar-refractivity contribution in [1.29, 1.82) is 0 Å². The molecule has 0 atom stereocenters. The van der Waals surface area contributed by atoms with E-state index in [-0.39, 0.29) is 6.61 Å². The lowest BCUT2D eigenvalue weighted by Crippen LogP contribution is -2.47. The number of nitrogens with zero attached hydrogens (tertiary/aromatic N) is 4. The number of para-hydroxylation sites is 1. The van der Waals surface area contributed by atoms with Gasteiger partial charge in [-0.05, 0) is 55.0 Å². The van der Waals surface area contributed by atoms with Crippen molar-refractivity contribution in [3.8, 4) is 0 Å². The Hall–Kier alpha value is -2.37. The minimum atomic E-state index is 0.223. The van der Waals surface area contributed by atoms with E-state index in [0.717, 1.165) is 57.9 Å². The van der Waals surface area contributed by atoms with Crippen molar-refractivity contribution < 1.29 is 5.11 Å². The summed E-state index contributed by atoms with van der Waals surface area (Å²) in [7, 11) is 0. The second-order valence-electron chi connectivity index (χ2n) is 8.74. The number of piperazine rings is 1. The topological polar surface area (TPSA) is 44.5 Å². The maximum atomic E-state index is 9.72. The molecule has 0 amide bonds. The van der Waals surface area contributed by atoms with Gasteiger partial charge in [-0.1, -0.05) is 18.2 Å². The number of aliphatic hydroxyl groups excluding tert-OH is 1. The van der Waals surface area contributed by atoms with Crippen molar-refractivity contribution in [1.82, 2.24) is 14.5 Å². The SMILES string of the molecule is Cc1ccnc(N2CCN(CCc3c(CCO)n4c5c(cccc35)CCC4)CC2)c1. The Kier molecular flexibility index (Phi) is 5.48. The molecule has 2 aromatic heterocycles. The second-order valence-corrected chi connectivity index (χ2v) is 8.74. The summed E-state index contributed by atoms with van der Waals surface area (Å²) < 4.78 is 2.50. The molecule has 158 valence electrons. The van der Waals surface area contributed by atoms with Crippen LogP contribution in [0.5, 0.6) is 0 Å². The highest BCUT2D eigenvalue weighted by Crippen LogP contribution is 2.33. The third-order valence-electron chi connectivity index (χ3n) is 6.84. The fraction of sp³-hybridized carbons (Fsp3) is 0.480. The van der Waals surface area contributed by atoms with Crippen LogP contribution in [-0.4, -0.2) is 58.9 Å². The number of aliphatic hydroxyl groups is 1. The van der Waals surface area contributed by atoms with E-state index in [9.17, 15) is 5.11 Å². The molecular weight excluding hydrogens is 372 g/mol. The average Bonchev–Trinajstić information content (AvgIpc) is 3.08. The first-order chi connectivity index (χ1) is 14.7. The summed E-state index contributed by atoms with van der Waals surface area (Å²) >= 11 is 0. The molecule has 0 radical (unpaired) electrons. The Morgan fingerprint density at radius 2 is 1.90 bits per heavy atom. The Morgan fingerprint density at radius 3 is 2.70 bits per heavy atom. The van der Waals surface area contributed by atoms with Crippen LogP contribution in [0.25, 0.3) is 10.9 Å². The number of aryl methyl sites for hydroxylation is 3. The molecule has 0 spiro atoms. The second kappa shape index (κ2) is 8.40. The highest BCUT2D eigenvalue weighted by molar-refractivity contribution is 5.89. The zero-order valence-corrected chi connectivity index (χ0v) is 18.0. The quantitative estimate of drug-likeness (QED) is 0.685. The van der Waals surface area contributed by atoms with Crippen LogP contribution >= 0.6 is 0 Å². The minimum Gasteiger partial charge on any atom is -0.396 e. The van der Waals surface area contributed by atoms with E-state index in [1.165, 1.54) is 46.1 Å². The first-order valence-electron chi connectivity index (χ1n) is 11.4. The van der Waals surface area contributed by atoms with Gasteiger partial charge in [0.2, 0.25) is 0 Å². The van der Waals surface area contributed by atoms with Gasteiger partial charge in [0.15, 0.2) is 0 Å². The molecule has 3 aromatic rings. The Morgan fingerprint density at radius 1 is 1.03 bits per heavy atom. The molecule has 5 nitrogen and oxygen atoms in total. The summed E-state index contributed by atoms with van der Waals surface area (Å²) in [6.45, 7) is 8.74. The van der Waals surface area contributed by atoms with E-state index in [1.807, 2.05) is 6.20 Å². The molecule has 5 rings (SSSR count). The molecule has 30 heavy (non-hydrogen) atoms. The normalized spacial score (nSPS) is 17.1. The van der Waals surface area contributed by atoms with Gasteiger partial charge in [0, 0.05) is 69.6 Å². The van der Waals surface area contributed by atoms with Gasteiger partial charge in [-0.15, -0.1) is 0 Å². The molecule has 1 N–H and O–H groups in total. The zero-order valence-electron chi connectivity index (χ0n) is 18.0. The first kappa shape index (κ1) is 19.6. The lowest BCUT2D eigenvalue weighted by atomic mass is 10.0. The van der Waals surface area contributed by atoms with Crippen molar-refractivity contribution in [2.45, 2.75) is 39.2 Å². The summed E-state index contributed by atoms with van der Waals surface area (Å²) in [6, 6.07) is 11.0. The molecule has 5 heteroatoms. The molecule has 0 bridgehead atoms. The number of benzene rings is 1. The largest absolute Gasteiger partial charge is 0.396 e. The van der Waals surface area contributed by atoms with Crippen LogP contribution in [0.15, 0.2) is 36.5 Å². The lowest BCUT2D eigenvalue weighted by Gasteiger charge is -2.35. The van der Waals surface area contributed by atoms with Gasteiger partial charge < -0.3 is 14.6 Å². The number of aromatic nitrogens is 2. The summed E-state index contributed by atoms with van der Waals surface area (Å²) in [4.78, 5) is 9.54. The van der Waals surface area contributed by atoms with Gasteiger partial charge in [0.05, 0.1) is 5.52 Å². The number of hydrogen-bond acceptors (Lipinski definition) is 4. The van der Waals surface area contributed by atoms with Gasteiger partial charge in [-0.3, -0.25) is 4.90 Å². The number of rotatable bonds is 6. The van der Waals surface area contributed by atoms with Gasteiger partial charge >= 0.3 is 0 Å². The number of hydrogen-bond donors (Lipinski definition) is 1. The van der Waals surface area contributed by atoms with Crippen molar-refractivity contribution in [3.63, 3.8) is 0 Å². The summed E-state index contributed by atoms with van der Waals surface area (Å²) in [5.41, 5.74) is 7.00. The predicted octanol–water partition coefficient (Wildman–Crippen LogP) is 3.19. The predicted molar refractivity (Wildman–Crippen MR) is 122 cm³/mol. The van der Waals surface area contributed by atoms with Crippen LogP contribution in [-0.2, 0) is 25.8 Å². The molecule has 1 saturated heterocycles. The first-order valence-corrected chi connectivity index (χ1v) is 11.4. The summed E-state index contributed by atoms with van der Waals surface area (Å²) in [5.74, 6) is 1.11. The molecule has 1 fully saturated rings. The van der Waals surface area contributed by atoms with Crippen LogP contribution in [0.3, 0.4) is 0 Å². The van der Waals surface area contributed by atoms with Gasteiger partial charge in [0.1, 0.15) is 5.82 Å². The molecule has 4 heterocycles. The Balaban J connectivity index is 1.30. The van der Waals surface area contributed by atoms with Gasteiger partial charge in [-0.2, -0.15) is 0 Å². The molecule has 0 aliphatic carbocycles. The molecule has 0 unspecified atom stereocenters. The number of pyridine rings is 1. The number of anilines is 1. The zero-order chi connectivity index (χ0) is 20.5. The molecular formula is C25H32N4O. The van der Waals surface area contributed by atoms with Crippen molar-refractivity contribution in [3.05, 3.63) is 58.9 Å². The van der Waals surface area contributed by atoms with E-state index < -0.39 is 0 Å². The monoisotopic (exact) mass is 404 g/mol. The van der Waals surface area contributed by atoms with Crippen molar-refractivity contribution in [2.75, 3.05) is 44.2 Å². The molecule has 1 aromatic carbocycles. The van der Waals surface area contributed by atoms with E-state index in [0.29, 0.717) is 0 Å². The smallest absolute Gasteiger partial charge is 0.128 e. The van der Waals surface area contributed by atoms with Crippen molar-refractivity contribution in [2.24, 2.45) is 0 Å². The lowest BCUT2D eigenvalue weighted by molar-refractivity contribution is 0.260. The Labute approximate surface area is 178 Å². The standard InChI is InChI=1S/C25H32N4O/c1-19-7-10-26-24(18-19)28-15-13-27(14-16-28)12-8-21-22-6-2-4-20-5-3-11-29(25(20)22)23(21)9-17-30/h2,4,6-7,10,18,30H,3,5,8-9,11-17H2,1H3. The fourth-order valence-corrected chi connectivity index (χ4v) is 5.32. The van der Waals surface area contributed by atoms with Gasteiger partial charge in [-0.25, -0.2) is 4.98 Å². The minimum absolute atomic E-state index is 0.223. The van der Waals surface area contributed by atoms with E-state index in [4.69, 9.17) is 0 Å². The van der Waals surface area contributed by atoms with E-state index >= 15 is 0 Å². The third-order valence-corrected chi connectivity index (χ3v) is 6.84.